The van der Waals surface area contributed by atoms with Gasteiger partial charge in [-0.15, -0.1) is 0 Å². The highest BCUT2D eigenvalue weighted by atomic mass is 16.5. The van der Waals surface area contributed by atoms with Gasteiger partial charge in [0.2, 0.25) is 0 Å². The number of hydrogen-bond donors (Lipinski definition) is 3. The molecule has 0 radical (unpaired) electrons. The van der Waals surface area contributed by atoms with E-state index < -0.39 is 0 Å². The first-order valence-corrected chi connectivity index (χ1v) is 5.57. The van der Waals surface area contributed by atoms with Crippen molar-refractivity contribution in [1.29, 1.82) is 0 Å². The molecular weight excluding hydrogens is 230 g/mol. The molecule has 3 N–H and O–H groups in total. The molecule has 0 saturated heterocycles. The number of anilines is 2. The first-order valence-electron chi connectivity index (χ1n) is 5.57. The van der Waals surface area contributed by atoms with Crippen molar-refractivity contribution in [2.75, 3.05) is 12.4 Å². The number of aliphatic hydroxyl groups is 1. The van der Waals surface area contributed by atoms with E-state index in [-0.39, 0.29) is 12.4 Å². The summed E-state index contributed by atoms with van der Waals surface area (Å²) in [5.41, 5.74) is 2.40. The molecule has 0 aliphatic carbocycles. The number of ether oxygens (including phenoxy) is 1. The summed E-state index contributed by atoms with van der Waals surface area (Å²) < 4.78 is 5.11. The number of rotatable bonds is 4. The Hall–Kier alpha value is -2.20. The quantitative estimate of drug-likeness (QED) is 0.725. The van der Waals surface area contributed by atoms with Crippen molar-refractivity contribution in [2.45, 2.75) is 6.61 Å². The third kappa shape index (κ3) is 2.73. The molecule has 0 amide bonds. The number of phenols is 1. The molecule has 0 bridgehead atoms. The van der Waals surface area contributed by atoms with Crippen LogP contribution in [0.1, 0.15) is 5.56 Å². The molecule has 18 heavy (non-hydrogen) atoms. The number of nitrogens with one attached hydrogen (secondary N) is 1. The fourth-order valence-corrected chi connectivity index (χ4v) is 1.65. The third-order valence-electron chi connectivity index (χ3n) is 2.63. The Morgan fingerprint density at radius 1 is 1.11 bits per heavy atom. The van der Waals surface area contributed by atoms with Gasteiger partial charge in [-0.05, 0) is 42.5 Å². The number of hydrogen-bond acceptors (Lipinski definition) is 4. The van der Waals surface area contributed by atoms with Crippen LogP contribution in [0.25, 0.3) is 0 Å². The Bertz CT molecular complexity index is 523. The molecule has 0 saturated carbocycles. The van der Waals surface area contributed by atoms with E-state index in [1.807, 2.05) is 12.1 Å². The Labute approximate surface area is 105 Å². The molecule has 0 aromatic heterocycles. The van der Waals surface area contributed by atoms with Crippen molar-refractivity contribution in [2.24, 2.45) is 0 Å². The lowest BCUT2D eigenvalue weighted by Gasteiger charge is -2.12. The summed E-state index contributed by atoms with van der Waals surface area (Å²) in [6, 6.07) is 12.2. The molecule has 0 spiro atoms. The molecule has 94 valence electrons. The maximum absolute atomic E-state index is 9.32. The zero-order valence-electron chi connectivity index (χ0n) is 10.1. The highest BCUT2D eigenvalue weighted by Crippen LogP contribution is 2.26. The zero-order valence-corrected chi connectivity index (χ0v) is 10.1. The second-order valence-electron chi connectivity index (χ2n) is 3.85. The average molecular weight is 245 g/mol. The molecule has 2 rings (SSSR count). The van der Waals surface area contributed by atoms with Crippen molar-refractivity contribution in [3.63, 3.8) is 0 Å². The van der Waals surface area contributed by atoms with Gasteiger partial charge in [0.1, 0.15) is 11.5 Å². The summed E-state index contributed by atoms with van der Waals surface area (Å²) in [5.74, 6) is 0.924. The van der Waals surface area contributed by atoms with E-state index in [0.29, 0.717) is 5.75 Å². The Morgan fingerprint density at radius 2 is 1.83 bits per heavy atom. The number of phenolic OH excluding ortho intramolecular Hbond substituents is 1. The van der Waals surface area contributed by atoms with Gasteiger partial charge in [0.15, 0.2) is 0 Å². The minimum Gasteiger partial charge on any atom is -0.508 e. The Kier molecular flexibility index (Phi) is 3.69. The van der Waals surface area contributed by atoms with Gasteiger partial charge >= 0.3 is 0 Å². The number of aromatic hydroxyl groups is 1. The maximum Gasteiger partial charge on any atom is 0.119 e. The van der Waals surface area contributed by atoms with Gasteiger partial charge < -0.3 is 20.3 Å². The lowest BCUT2D eigenvalue weighted by molar-refractivity contribution is 0.281. The Morgan fingerprint density at radius 3 is 2.44 bits per heavy atom. The van der Waals surface area contributed by atoms with Gasteiger partial charge in [0, 0.05) is 16.9 Å². The summed E-state index contributed by atoms with van der Waals surface area (Å²) in [4.78, 5) is 0. The van der Waals surface area contributed by atoms with Gasteiger partial charge in [-0.25, -0.2) is 0 Å². The Balaban J connectivity index is 2.25. The average Bonchev–Trinajstić information content (AvgIpc) is 2.41. The summed E-state index contributed by atoms with van der Waals surface area (Å²) in [5, 5.41) is 21.7. The van der Waals surface area contributed by atoms with Crippen LogP contribution >= 0.6 is 0 Å². The largest absolute Gasteiger partial charge is 0.508 e. The van der Waals surface area contributed by atoms with Crippen LogP contribution in [0.3, 0.4) is 0 Å². The molecule has 0 aliphatic heterocycles. The zero-order chi connectivity index (χ0) is 13.0. The lowest BCUT2D eigenvalue weighted by Crippen LogP contribution is -1.97. The second-order valence-corrected chi connectivity index (χ2v) is 3.85. The van der Waals surface area contributed by atoms with Crippen LogP contribution < -0.4 is 10.1 Å². The molecule has 0 heterocycles. The molecule has 0 unspecified atom stereocenters. The highest BCUT2D eigenvalue weighted by Gasteiger charge is 2.04. The molecule has 0 aliphatic rings. The van der Waals surface area contributed by atoms with E-state index in [1.54, 1.807) is 37.4 Å². The van der Waals surface area contributed by atoms with Gasteiger partial charge in [0.25, 0.3) is 0 Å². The minimum absolute atomic E-state index is 0.0718. The lowest BCUT2D eigenvalue weighted by atomic mass is 10.1. The van der Waals surface area contributed by atoms with Crippen LogP contribution in [0.2, 0.25) is 0 Å². The van der Waals surface area contributed by atoms with Gasteiger partial charge in [-0.1, -0.05) is 0 Å². The number of benzene rings is 2. The van der Waals surface area contributed by atoms with Crippen LogP contribution in [0.5, 0.6) is 11.5 Å². The summed E-state index contributed by atoms with van der Waals surface area (Å²) in [6.45, 7) is -0.0718. The normalized spacial score (nSPS) is 10.1. The molecule has 2 aromatic carbocycles. The predicted octanol–water partition coefficient (Wildman–Crippen LogP) is 2.64. The van der Waals surface area contributed by atoms with Crippen molar-refractivity contribution in [1.82, 2.24) is 0 Å². The van der Waals surface area contributed by atoms with Gasteiger partial charge in [-0.2, -0.15) is 0 Å². The predicted molar refractivity (Wildman–Crippen MR) is 70.3 cm³/mol. The van der Waals surface area contributed by atoms with Crippen LogP contribution in [0.15, 0.2) is 42.5 Å². The van der Waals surface area contributed by atoms with E-state index >= 15 is 0 Å². The highest BCUT2D eigenvalue weighted by molar-refractivity contribution is 5.64. The smallest absolute Gasteiger partial charge is 0.119 e. The monoisotopic (exact) mass is 245 g/mol. The van der Waals surface area contributed by atoms with Crippen molar-refractivity contribution >= 4 is 11.4 Å². The minimum atomic E-state index is -0.0718. The second kappa shape index (κ2) is 5.42. The van der Waals surface area contributed by atoms with E-state index in [2.05, 4.69) is 5.32 Å². The van der Waals surface area contributed by atoms with Crippen molar-refractivity contribution in [3.8, 4) is 11.5 Å². The fraction of sp³-hybridized carbons (Fsp3) is 0.143. The van der Waals surface area contributed by atoms with Crippen molar-refractivity contribution in [3.05, 3.63) is 48.0 Å². The van der Waals surface area contributed by atoms with Crippen molar-refractivity contribution < 1.29 is 14.9 Å². The first-order chi connectivity index (χ1) is 8.72. The van der Waals surface area contributed by atoms with E-state index in [0.717, 1.165) is 16.9 Å². The maximum atomic E-state index is 9.32. The van der Waals surface area contributed by atoms with Crippen LogP contribution in [0, 0.1) is 0 Å². The summed E-state index contributed by atoms with van der Waals surface area (Å²) in [7, 11) is 1.59. The first kappa shape index (κ1) is 12.3. The van der Waals surface area contributed by atoms with Gasteiger partial charge in [-0.3, -0.25) is 0 Å². The van der Waals surface area contributed by atoms with E-state index in [9.17, 15) is 10.2 Å². The van der Waals surface area contributed by atoms with Crippen LogP contribution in [0.4, 0.5) is 11.4 Å². The molecule has 2 aromatic rings. The van der Waals surface area contributed by atoms with Crippen LogP contribution in [-0.4, -0.2) is 17.3 Å². The topological polar surface area (TPSA) is 61.7 Å². The number of methoxy groups -OCH3 is 1. The number of aliphatic hydroxyl groups excluding tert-OH is 1. The summed E-state index contributed by atoms with van der Waals surface area (Å²) >= 11 is 0. The van der Waals surface area contributed by atoms with Crippen LogP contribution in [-0.2, 0) is 6.61 Å². The van der Waals surface area contributed by atoms with E-state index in [1.165, 1.54) is 0 Å². The third-order valence-corrected chi connectivity index (χ3v) is 2.63. The van der Waals surface area contributed by atoms with Gasteiger partial charge in [0.05, 0.1) is 13.7 Å². The molecule has 0 atom stereocenters. The molecule has 4 heteroatoms. The molecular formula is C14H15NO3. The summed E-state index contributed by atoms with van der Waals surface area (Å²) in [6.07, 6.45) is 0. The fourth-order valence-electron chi connectivity index (χ4n) is 1.65. The molecule has 0 fully saturated rings. The van der Waals surface area contributed by atoms with E-state index in [4.69, 9.17) is 4.74 Å². The standard InChI is InChI=1S/C14H15NO3/c1-18-13-6-7-14(10(8-13)9-16)15-11-2-4-12(17)5-3-11/h2-8,15-17H,9H2,1H3. The SMILES string of the molecule is COc1ccc(Nc2ccc(O)cc2)c(CO)c1. The molecule has 4 nitrogen and oxygen atoms in total.